The van der Waals surface area contributed by atoms with Crippen LogP contribution < -0.4 is 11.1 Å². The molecular weight excluding hydrogens is 242 g/mol. The van der Waals surface area contributed by atoms with Crippen LogP contribution in [0.15, 0.2) is 36.7 Å². The number of carbonyl (C=O) groups excluding carboxylic acids is 1. The van der Waals surface area contributed by atoms with Gasteiger partial charge < -0.3 is 16.0 Å². The molecule has 0 aliphatic rings. The van der Waals surface area contributed by atoms with Crippen LogP contribution in [0.3, 0.4) is 0 Å². The van der Waals surface area contributed by atoms with E-state index in [1.165, 1.54) is 0 Å². The number of hydrogen-bond acceptors (Lipinski definition) is 3. The first kappa shape index (κ1) is 11.3. The molecule has 6 heteroatoms. The molecule has 1 aromatic carbocycles. The molecule has 1 amide bonds. The molecule has 5 N–H and O–H groups in total. The molecule has 0 fully saturated rings. The number of nitrogens with one attached hydrogen (secondary N) is 3. The van der Waals surface area contributed by atoms with Crippen LogP contribution in [0.25, 0.3) is 10.9 Å². The zero-order valence-electron chi connectivity index (χ0n) is 10.1. The number of hydrogen-bond donors (Lipinski definition) is 4. The van der Waals surface area contributed by atoms with Crippen molar-refractivity contribution in [2.45, 2.75) is 6.54 Å². The van der Waals surface area contributed by atoms with Crippen molar-refractivity contribution in [1.82, 2.24) is 20.5 Å². The number of nitrogen functional groups attached to an aromatic ring is 1. The molecule has 0 atom stereocenters. The maximum atomic E-state index is 12.1. The number of benzene rings is 1. The van der Waals surface area contributed by atoms with Gasteiger partial charge in [-0.15, -0.1) is 0 Å². The van der Waals surface area contributed by atoms with Gasteiger partial charge in [0.1, 0.15) is 0 Å². The molecule has 0 saturated heterocycles. The standard InChI is InChI=1S/C13H13N5O/c14-8-1-2-12-10(5-8)11(7-15-12)13(19)16-6-9-3-4-17-18-9/h1-5,7,15H,6,14H2,(H,16,19)(H,17,18). The second-order valence-electron chi connectivity index (χ2n) is 4.27. The van der Waals surface area contributed by atoms with Gasteiger partial charge >= 0.3 is 0 Å². The van der Waals surface area contributed by atoms with E-state index < -0.39 is 0 Å². The fourth-order valence-corrected chi connectivity index (χ4v) is 1.98. The van der Waals surface area contributed by atoms with Crippen molar-refractivity contribution in [3.63, 3.8) is 0 Å². The summed E-state index contributed by atoms with van der Waals surface area (Å²) in [6, 6.07) is 7.26. The van der Waals surface area contributed by atoms with Gasteiger partial charge in [0.2, 0.25) is 0 Å². The Morgan fingerprint density at radius 2 is 2.26 bits per heavy atom. The molecule has 0 bridgehead atoms. The van der Waals surface area contributed by atoms with E-state index in [1.54, 1.807) is 24.5 Å². The highest BCUT2D eigenvalue weighted by Crippen LogP contribution is 2.20. The quantitative estimate of drug-likeness (QED) is 0.532. The molecule has 0 saturated carbocycles. The number of rotatable bonds is 3. The summed E-state index contributed by atoms with van der Waals surface area (Å²) in [6.07, 6.45) is 3.33. The smallest absolute Gasteiger partial charge is 0.253 e. The highest BCUT2D eigenvalue weighted by atomic mass is 16.1. The van der Waals surface area contributed by atoms with Crippen molar-refractivity contribution >= 4 is 22.5 Å². The Labute approximate surface area is 109 Å². The highest BCUT2D eigenvalue weighted by molar-refractivity contribution is 6.07. The Morgan fingerprint density at radius 1 is 1.37 bits per heavy atom. The Morgan fingerprint density at radius 3 is 3.05 bits per heavy atom. The third-order valence-electron chi connectivity index (χ3n) is 2.95. The summed E-state index contributed by atoms with van der Waals surface area (Å²) in [4.78, 5) is 15.2. The van der Waals surface area contributed by atoms with Crippen molar-refractivity contribution in [3.8, 4) is 0 Å². The molecule has 3 rings (SSSR count). The van der Waals surface area contributed by atoms with Crippen LogP contribution in [0.1, 0.15) is 16.1 Å². The fourth-order valence-electron chi connectivity index (χ4n) is 1.98. The van der Waals surface area contributed by atoms with Crippen LogP contribution in [0, 0.1) is 0 Å². The van der Waals surface area contributed by atoms with E-state index in [1.807, 2.05) is 12.1 Å². The summed E-state index contributed by atoms with van der Waals surface area (Å²) in [5.41, 5.74) is 8.71. The molecule has 0 aliphatic heterocycles. The van der Waals surface area contributed by atoms with E-state index in [4.69, 9.17) is 5.73 Å². The van der Waals surface area contributed by atoms with Gasteiger partial charge in [-0.2, -0.15) is 5.10 Å². The summed E-state index contributed by atoms with van der Waals surface area (Å²) in [5, 5.41) is 10.3. The Balaban J connectivity index is 1.83. The third kappa shape index (κ3) is 2.15. The van der Waals surface area contributed by atoms with Crippen molar-refractivity contribution in [2.24, 2.45) is 0 Å². The maximum Gasteiger partial charge on any atom is 0.253 e. The van der Waals surface area contributed by atoms with E-state index in [-0.39, 0.29) is 5.91 Å². The second kappa shape index (κ2) is 4.49. The van der Waals surface area contributed by atoms with Crippen LogP contribution in [0.5, 0.6) is 0 Å². The third-order valence-corrected chi connectivity index (χ3v) is 2.95. The largest absolute Gasteiger partial charge is 0.399 e. The first-order valence-corrected chi connectivity index (χ1v) is 5.87. The minimum atomic E-state index is -0.147. The maximum absolute atomic E-state index is 12.1. The van der Waals surface area contributed by atoms with Gasteiger partial charge in [0.15, 0.2) is 0 Å². The normalized spacial score (nSPS) is 10.7. The lowest BCUT2D eigenvalue weighted by Gasteiger charge is -2.02. The first-order chi connectivity index (χ1) is 9.24. The number of aromatic nitrogens is 3. The van der Waals surface area contributed by atoms with E-state index in [0.29, 0.717) is 17.8 Å². The van der Waals surface area contributed by atoms with Gasteiger partial charge in [0, 0.05) is 29.0 Å². The predicted octanol–water partition coefficient (Wildman–Crippen LogP) is 1.40. The average Bonchev–Trinajstić information content (AvgIpc) is 3.04. The summed E-state index contributed by atoms with van der Waals surface area (Å²) in [5.74, 6) is -0.147. The van der Waals surface area contributed by atoms with E-state index in [0.717, 1.165) is 16.6 Å². The van der Waals surface area contributed by atoms with Crippen LogP contribution in [-0.4, -0.2) is 21.1 Å². The number of fused-ring (bicyclic) bond motifs is 1. The highest BCUT2D eigenvalue weighted by Gasteiger charge is 2.12. The minimum Gasteiger partial charge on any atom is -0.399 e. The van der Waals surface area contributed by atoms with E-state index in [9.17, 15) is 4.79 Å². The molecule has 19 heavy (non-hydrogen) atoms. The lowest BCUT2D eigenvalue weighted by molar-refractivity contribution is 0.0952. The minimum absolute atomic E-state index is 0.147. The molecule has 0 radical (unpaired) electrons. The van der Waals surface area contributed by atoms with Gasteiger partial charge in [-0.25, -0.2) is 0 Å². The number of aromatic amines is 2. The summed E-state index contributed by atoms with van der Waals surface area (Å²) in [6.45, 7) is 0.411. The SMILES string of the molecule is Nc1ccc2[nH]cc(C(=O)NCc3ccn[nH]3)c2c1. The molecule has 2 aromatic heterocycles. The number of H-pyrrole nitrogens is 2. The zero-order valence-corrected chi connectivity index (χ0v) is 10.1. The molecule has 0 unspecified atom stereocenters. The first-order valence-electron chi connectivity index (χ1n) is 5.87. The summed E-state index contributed by atoms with van der Waals surface area (Å²) < 4.78 is 0. The second-order valence-corrected chi connectivity index (χ2v) is 4.27. The predicted molar refractivity (Wildman–Crippen MR) is 72.5 cm³/mol. The van der Waals surface area contributed by atoms with Crippen LogP contribution in [0.4, 0.5) is 5.69 Å². The average molecular weight is 255 g/mol. The molecular formula is C13H13N5O. The number of carbonyl (C=O) groups is 1. The van der Waals surface area contributed by atoms with Gasteiger partial charge in [-0.1, -0.05) is 0 Å². The van der Waals surface area contributed by atoms with E-state index in [2.05, 4.69) is 20.5 Å². The molecule has 0 spiro atoms. The van der Waals surface area contributed by atoms with Crippen molar-refractivity contribution in [1.29, 1.82) is 0 Å². The van der Waals surface area contributed by atoms with Gasteiger partial charge in [-0.3, -0.25) is 9.89 Å². The van der Waals surface area contributed by atoms with Crippen LogP contribution in [-0.2, 0) is 6.54 Å². The Kier molecular flexibility index (Phi) is 2.68. The zero-order chi connectivity index (χ0) is 13.2. The number of nitrogens with zero attached hydrogens (tertiary/aromatic N) is 1. The lowest BCUT2D eigenvalue weighted by Crippen LogP contribution is -2.22. The number of nitrogens with two attached hydrogens (primary N) is 1. The summed E-state index contributed by atoms with van der Waals surface area (Å²) in [7, 11) is 0. The monoisotopic (exact) mass is 255 g/mol. The number of amides is 1. The molecule has 96 valence electrons. The number of anilines is 1. The van der Waals surface area contributed by atoms with Crippen molar-refractivity contribution < 1.29 is 4.79 Å². The van der Waals surface area contributed by atoms with E-state index >= 15 is 0 Å². The Bertz CT molecular complexity index is 714. The van der Waals surface area contributed by atoms with Gasteiger partial charge in [0.05, 0.1) is 17.8 Å². The fraction of sp³-hybridized carbons (Fsp3) is 0.0769. The van der Waals surface area contributed by atoms with Crippen LogP contribution in [0.2, 0.25) is 0 Å². The van der Waals surface area contributed by atoms with Crippen molar-refractivity contribution in [3.05, 3.63) is 47.9 Å². The molecule has 0 aliphatic carbocycles. The molecule has 2 heterocycles. The van der Waals surface area contributed by atoms with Crippen LogP contribution >= 0.6 is 0 Å². The van der Waals surface area contributed by atoms with Gasteiger partial charge in [0.25, 0.3) is 5.91 Å². The van der Waals surface area contributed by atoms with Gasteiger partial charge in [-0.05, 0) is 24.3 Å². The molecule has 3 aromatic rings. The lowest BCUT2D eigenvalue weighted by atomic mass is 10.1. The molecule has 6 nitrogen and oxygen atoms in total. The Hall–Kier alpha value is -2.76. The van der Waals surface area contributed by atoms with Crippen molar-refractivity contribution in [2.75, 3.05) is 5.73 Å². The summed E-state index contributed by atoms with van der Waals surface area (Å²) >= 11 is 0. The topological polar surface area (TPSA) is 99.6 Å².